The largest absolute Gasteiger partial charge is 0.383 e. The van der Waals surface area contributed by atoms with Gasteiger partial charge in [-0.15, -0.1) is 0 Å². The van der Waals surface area contributed by atoms with Crippen LogP contribution in [0, 0.1) is 12.7 Å². The first kappa shape index (κ1) is 20.0. The van der Waals surface area contributed by atoms with Gasteiger partial charge in [-0.3, -0.25) is 4.90 Å². The second-order valence-electron chi connectivity index (χ2n) is 8.21. The average Bonchev–Trinajstić information content (AvgIpc) is 3.26. The van der Waals surface area contributed by atoms with Crippen LogP contribution in [0.3, 0.4) is 0 Å². The molecular weight excluding hydrogens is 407 g/mol. The van der Waals surface area contributed by atoms with E-state index in [1.807, 2.05) is 32.2 Å². The van der Waals surface area contributed by atoms with E-state index in [4.69, 9.17) is 5.73 Å². The molecule has 2 aromatic heterocycles. The molecule has 0 saturated carbocycles. The number of hydrogen-bond acceptors (Lipinski definition) is 4. The van der Waals surface area contributed by atoms with Gasteiger partial charge in [0.25, 0.3) is 0 Å². The van der Waals surface area contributed by atoms with E-state index in [9.17, 15) is 4.79 Å². The van der Waals surface area contributed by atoms with E-state index in [2.05, 4.69) is 16.0 Å². The van der Waals surface area contributed by atoms with Gasteiger partial charge >= 0.3 is 6.03 Å². The summed E-state index contributed by atoms with van der Waals surface area (Å²) in [4.78, 5) is 24.6. The number of fused-ring (bicyclic) bond motifs is 1. The number of halogens is 1. The second-order valence-corrected chi connectivity index (χ2v) is 8.21. The second kappa shape index (κ2) is 7.33. The number of anilines is 2. The van der Waals surface area contributed by atoms with Gasteiger partial charge in [0.05, 0.1) is 18.0 Å². The first-order valence-electron chi connectivity index (χ1n) is 10.3. The smallest absolute Gasteiger partial charge is 0.324 e. The number of carbonyl (C=O) groups is 1. The molecule has 1 unspecified atom stereocenters. The fourth-order valence-corrected chi connectivity index (χ4v) is 4.45. The minimum absolute atomic E-state index is 0.0971. The summed E-state index contributed by atoms with van der Waals surface area (Å²) < 4.78 is 17.1. The van der Waals surface area contributed by atoms with Crippen LogP contribution in [0.4, 0.5) is 20.7 Å². The van der Waals surface area contributed by atoms with Crippen LogP contribution < -0.4 is 10.6 Å². The van der Waals surface area contributed by atoms with E-state index in [0.717, 1.165) is 11.1 Å². The van der Waals surface area contributed by atoms with Crippen LogP contribution in [0.25, 0.3) is 22.2 Å². The molecule has 1 saturated heterocycles. The molecule has 1 aliphatic heterocycles. The molecule has 8 heteroatoms. The normalized spacial score (nSPS) is 16.4. The number of nitrogens with two attached hydrogens (primary N) is 1. The third-order valence-corrected chi connectivity index (χ3v) is 6.12. The zero-order valence-corrected chi connectivity index (χ0v) is 18.1. The molecule has 2 amide bonds. The minimum Gasteiger partial charge on any atom is -0.383 e. The number of carbonyl (C=O) groups excluding carboxylic acids is 1. The molecule has 0 spiro atoms. The van der Waals surface area contributed by atoms with Crippen LogP contribution in [-0.2, 0) is 7.05 Å². The molecule has 1 atom stereocenters. The Morgan fingerprint density at radius 2 is 1.91 bits per heavy atom. The molecule has 1 aliphatic rings. The highest BCUT2D eigenvalue weighted by Gasteiger charge is 2.36. The number of likely N-dealkylation sites (N-methyl/N-ethyl adjacent to an activating group) is 1. The lowest BCUT2D eigenvalue weighted by molar-refractivity contribution is 0.219. The lowest BCUT2D eigenvalue weighted by atomic mass is 10.0. The minimum atomic E-state index is -0.437. The first-order valence-corrected chi connectivity index (χ1v) is 10.3. The van der Waals surface area contributed by atoms with Crippen molar-refractivity contribution in [3.63, 3.8) is 0 Å². The third kappa shape index (κ3) is 3.07. The Labute approximate surface area is 184 Å². The van der Waals surface area contributed by atoms with Crippen molar-refractivity contribution >= 4 is 28.6 Å². The number of aryl methyl sites for hydroxylation is 2. The number of aromatic nitrogens is 3. The van der Waals surface area contributed by atoms with E-state index in [1.54, 1.807) is 39.7 Å². The maximum atomic E-state index is 15.3. The fourth-order valence-electron chi connectivity index (χ4n) is 4.45. The Bertz CT molecular complexity index is 1360. The SMILES string of the molecule is Cc1cccc(C2CN(c3ccc(-c4cn(C)c5ncnc(N)c45)c(F)c3)C(=O)N2C)c1. The molecular formula is C24H23FN6O. The third-order valence-electron chi connectivity index (χ3n) is 6.12. The van der Waals surface area contributed by atoms with Crippen molar-refractivity contribution in [2.75, 3.05) is 24.2 Å². The molecule has 0 bridgehead atoms. The maximum absolute atomic E-state index is 15.3. The first-order chi connectivity index (χ1) is 15.3. The molecule has 0 radical (unpaired) electrons. The zero-order chi connectivity index (χ0) is 22.6. The summed E-state index contributed by atoms with van der Waals surface area (Å²) in [6.07, 6.45) is 3.18. The summed E-state index contributed by atoms with van der Waals surface area (Å²) in [6, 6.07) is 12.7. The van der Waals surface area contributed by atoms with Crippen LogP contribution in [0.1, 0.15) is 17.2 Å². The Morgan fingerprint density at radius 1 is 1.09 bits per heavy atom. The van der Waals surface area contributed by atoms with Crippen LogP contribution in [0.2, 0.25) is 0 Å². The van der Waals surface area contributed by atoms with Crippen LogP contribution in [-0.4, -0.2) is 39.1 Å². The van der Waals surface area contributed by atoms with Gasteiger partial charge in [0, 0.05) is 37.1 Å². The summed E-state index contributed by atoms with van der Waals surface area (Å²) in [5, 5.41) is 0.609. The van der Waals surface area contributed by atoms with Crippen molar-refractivity contribution in [3.05, 3.63) is 71.9 Å². The number of rotatable bonds is 3. The summed E-state index contributed by atoms with van der Waals surface area (Å²) in [5.74, 6) is -0.140. The molecule has 2 aromatic carbocycles. The Hall–Kier alpha value is -3.94. The van der Waals surface area contributed by atoms with Gasteiger partial charge in [0.2, 0.25) is 0 Å². The highest BCUT2D eigenvalue weighted by Crippen LogP contribution is 2.37. The topological polar surface area (TPSA) is 80.3 Å². The van der Waals surface area contributed by atoms with Gasteiger partial charge in [-0.05, 0) is 30.7 Å². The molecule has 0 aliphatic carbocycles. The monoisotopic (exact) mass is 430 g/mol. The molecule has 32 heavy (non-hydrogen) atoms. The summed E-state index contributed by atoms with van der Waals surface area (Å²) in [7, 11) is 3.60. The average molecular weight is 430 g/mol. The molecule has 5 rings (SSSR count). The molecule has 4 aromatic rings. The predicted octanol–water partition coefficient (Wildman–Crippen LogP) is 4.28. The number of benzene rings is 2. The van der Waals surface area contributed by atoms with Gasteiger partial charge in [-0.25, -0.2) is 19.2 Å². The zero-order valence-electron chi connectivity index (χ0n) is 18.1. The standard InChI is InChI=1S/C24H23FN6O/c1-14-5-4-6-15(9-14)20-12-31(24(32)30(20)3)16-7-8-17(19(25)10-16)18-11-29(2)23-21(18)22(26)27-13-28-23/h4-11,13,20H,12H2,1-3H3,(H2,26,27,28). The van der Waals surface area contributed by atoms with Crippen molar-refractivity contribution in [2.24, 2.45) is 7.05 Å². The van der Waals surface area contributed by atoms with Crippen molar-refractivity contribution in [1.29, 1.82) is 0 Å². The van der Waals surface area contributed by atoms with E-state index >= 15 is 4.39 Å². The van der Waals surface area contributed by atoms with Crippen LogP contribution in [0.15, 0.2) is 55.0 Å². The summed E-state index contributed by atoms with van der Waals surface area (Å²) in [6.45, 7) is 2.48. The maximum Gasteiger partial charge on any atom is 0.324 e. The number of urea groups is 1. The van der Waals surface area contributed by atoms with E-state index in [1.165, 1.54) is 12.4 Å². The lowest BCUT2D eigenvalue weighted by Gasteiger charge is -2.18. The molecule has 2 N–H and O–H groups in total. The van der Waals surface area contributed by atoms with Gasteiger partial charge in [-0.1, -0.05) is 29.8 Å². The molecule has 3 heterocycles. The number of nitrogen functional groups attached to an aromatic ring is 1. The Balaban J connectivity index is 1.51. The van der Waals surface area contributed by atoms with Gasteiger partial charge in [-0.2, -0.15) is 0 Å². The fraction of sp³-hybridized carbons (Fsp3) is 0.208. The molecule has 7 nitrogen and oxygen atoms in total. The van der Waals surface area contributed by atoms with Crippen molar-refractivity contribution in [3.8, 4) is 11.1 Å². The van der Waals surface area contributed by atoms with E-state index in [0.29, 0.717) is 40.2 Å². The van der Waals surface area contributed by atoms with E-state index in [-0.39, 0.29) is 12.1 Å². The summed E-state index contributed by atoms with van der Waals surface area (Å²) >= 11 is 0. The Kier molecular flexibility index (Phi) is 4.58. The number of amides is 2. The summed E-state index contributed by atoms with van der Waals surface area (Å²) in [5.41, 5.74) is 10.4. The lowest BCUT2D eigenvalue weighted by Crippen LogP contribution is -2.29. The number of nitrogens with zero attached hydrogens (tertiary/aromatic N) is 5. The van der Waals surface area contributed by atoms with Gasteiger partial charge < -0.3 is 15.2 Å². The van der Waals surface area contributed by atoms with Crippen molar-refractivity contribution < 1.29 is 9.18 Å². The van der Waals surface area contributed by atoms with E-state index < -0.39 is 5.82 Å². The quantitative estimate of drug-likeness (QED) is 0.526. The van der Waals surface area contributed by atoms with Crippen molar-refractivity contribution in [1.82, 2.24) is 19.4 Å². The Morgan fingerprint density at radius 3 is 2.66 bits per heavy atom. The van der Waals surface area contributed by atoms with Crippen LogP contribution >= 0.6 is 0 Å². The molecule has 162 valence electrons. The van der Waals surface area contributed by atoms with Gasteiger partial charge in [0.1, 0.15) is 23.6 Å². The number of hydrogen-bond donors (Lipinski definition) is 1. The predicted molar refractivity (Wildman–Crippen MR) is 123 cm³/mol. The van der Waals surface area contributed by atoms with Crippen LogP contribution in [0.5, 0.6) is 0 Å². The molecule has 1 fully saturated rings. The van der Waals surface area contributed by atoms with Gasteiger partial charge in [0.15, 0.2) is 0 Å². The highest BCUT2D eigenvalue weighted by molar-refractivity contribution is 6.01. The highest BCUT2D eigenvalue weighted by atomic mass is 19.1. The van der Waals surface area contributed by atoms with Crippen molar-refractivity contribution in [2.45, 2.75) is 13.0 Å².